The summed E-state index contributed by atoms with van der Waals surface area (Å²) >= 11 is 13.0. The summed E-state index contributed by atoms with van der Waals surface area (Å²) in [6.45, 7) is 2.77. The van der Waals surface area contributed by atoms with Crippen molar-refractivity contribution in [1.82, 2.24) is 9.88 Å². The lowest BCUT2D eigenvalue weighted by atomic mass is 9.91. The third-order valence-corrected chi connectivity index (χ3v) is 6.14. The maximum Gasteiger partial charge on any atom is 0.0712 e. The molecule has 0 saturated heterocycles. The Hall–Kier alpha value is -2.39. The largest absolute Gasteiger partial charge is 0.294 e. The van der Waals surface area contributed by atoms with Crippen molar-refractivity contribution in [3.05, 3.63) is 99.7 Å². The molecule has 3 aromatic carbocycles. The minimum absolute atomic E-state index is 0.713. The van der Waals surface area contributed by atoms with Crippen molar-refractivity contribution in [2.45, 2.75) is 19.5 Å². The minimum atomic E-state index is 0.713. The molecule has 2 heterocycles. The summed E-state index contributed by atoms with van der Waals surface area (Å²) in [6, 6.07) is 24.6. The molecule has 0 unspecified atom stereocenters. The fraction of sp³-hybridized carbons (Fsp3) is 0.160. The third-order valence-electron chi connectivity index (χ3n) is 5.57. The maximum absolute atomic E-state index is 6.64. The molecule has 1 aliphatic rings. The van der Waals surface area contributed by atoms with E-state index in [9.17, 15) is 0 Å². The summed E-state index contributed by atoms with van der Waals surface area (Å²) in [6.07, 6.45) is 0.929. The third kappa shape index (κ3) is 3.64. The topological polar surface area (TPSA) is 16.1 Å². The van der Waals surface area contributed by atoms with E-state index in [-0.39, 0.29) is 0 Å². The van der Waals surface area contributed by atoms with Gasteiger partial charge in [-0.05, 0) is 41.0 Å². The zero-order valence-electron chi connectivity index (χ0n) is 15.9. The first-order chi connectivity index (χ1) is 14.2. The zero-order chi connectivity index (χ0) is 19.8. The summed E-state index contributed by atoms with van der Waals surface area (Å²) in [5, 5.41) is 2.53. The van der Waals surface area contributed by atoms with Crippen LogP contribution >= 0.6 is 23.2 Å². The summed E-state index contributed by atoms with van der Waals surface area (Å²) in [5.41, 5.74) is 6.93. The Morgan fingerprint density at radius 3 is 2.52 bits per heavy atom. The number of hydrogen-bond acceptors (Lipinski definition) is 2. The molecule has 1 aromatic heterocycles. The molecule has 0 bridgehead atoms. The molecular formula is C25H20Cl2N2. The van der Waals surface area contributed by atoms with Gasteiger partial charge in [-0.1, -0.05) is 71.7 Å². The summed E-state index contributed by atoms with van der Waals surface area (Å²) in [4.78, 5) is 7.47. The molecule has 144 valence electrons. The summed E-state index contributed by atoms with van der Waals surface area (Å²) in [7, 11) is 0. The van der Waals surface area contributed by atoms with Gasteiger partial charge in [0.15, 0.2) is 0 Å². The van der Waals surface area contributed by atoms with E-state index < -0.39 is 0 Å². The van der Waals surface area contributed by atoms with Crippen LogP contribution in [-0.2, 0) is 19.5 Å². The smallest absolute Gasteiger partial charge is 0.0712 e. The van der Waals surface area contributed by atoms with Crippen LogP contribution in [0.5, 0.6) is 0 Å². The quantitative estimate of drug-likeness (QED) is 0.364. The Bertz CT molecular complexity index is 1190. The number of pyridine rings is 1. The van der Waals surface area contributed by atoms with E-state index in [1.807, 2.05) is 36.4 Å². The normalized spacial score (nSPS) is 14.1. The van der Waals surface area contributed by atoms with Gasteiger partial charge in [0.1, 0.15) is 0 Å². The molecular weight excluding hydrogens is 399 g/mol. The van der Waals surface area contributed by atoms with Crippen LogP contribution < -0.4 is 0 Å². The molecule has 29 heavy (non-hydrogen) atoms. The number of benzene rings is 3. The molecule has 2 nitrogen and oxygen atoms in total. The number of hydrogen-bond donors (Lipinski definition) is 0. The van der Waals surface area contributed by atoms with Crippen molar-refractivity contribution >= 4 is 34.1 Å². The van der Waals surface area contributed by atoms with E-state index in [0.717, 1.165) is 53.1 Å². The lowest BCUT2D eigenvalue weighted by Crippen LogP contribution is -2.31. The van der Waals surface area contributed by atoms with E-state index in [1.54, 1.807) is 0 Å². The van der Waals surface area contributed by atoms with E-state index in [1.165, 1.54) is 16.8 Å². The fourth-order valence-corrected chi connectivity index (χ4v) is 4.62. The maximum atomic E-state index is 6.64. The molecule has 0 N–H and O–H groups in total. The molecule has 0 saturated carbocycles. The van der Waals surface area contributed by atoms with Gasteiger partial charge in [-0.3, -0.25) is 9.88 Å². The minimum Gasteiger partial charge on any atom is -0.294 e. The first-order valence-electron chi connectivity index (χ1n) is 9.81. The van der Waals surface area contributed by atoms with Gasteiger partial charge in [0.05, 0.1) is 5.52 Å². The molecule has 1 aliphatic heterocycles. The highest BCUT2D eigenvalue weighted by Crippen LogP contribution is 2.39. The zero-order valence-corrected chi connectivity index (χ0v) is 17.4. The second-order valence-corrected chi connectivity index (χ2v) is 8.34. The van der Waals surface area contributed by atoms with Crippen LogP contribution in [0.3, 0.4) is 0 Å². The number of halogens is 2. The van der Waals surface area contributed by atoms with E-state index in [2.05, 4.69) is 41.3 Å². The summed E-state index contributed by atoms with van der Waals surface area (Å²) in [5.74, 6) is 0. The molecule has 0 radical (unpaired) electrons. The van der Waals surface area contributed by atoms with Gasteiger partial charge in [-0.25, -0.2) is 0 Å². The van der Waals surface area contributed by atoms with Crippen LogP contribution in [0.25, 0.3) is 22.0 Å². The van der Waals surface area contributed by atoms with Crippen LogP contribution in [0.2, 0.25) is 10.0 Å². The number of fused-ring (bicyclic) bond motifs is 2. The van der Waals surface area contributed by atoms with E-state index >= 15 is 0 Å². The van der Waals surface area contributed by atoms with Gasteiger partial charge >= 0.3 is 0 Å². The van der Waals surface area contributed by atoms with Crippen LogP contribution in [0.15, 0.2) is 72.8 Å². The van der Waals surface area contributed by atoms with E-state index in [4.69, 9.17) is 28.2 Å². The van der Waals surface area contributed by atoms with Gasteiger partial charge in [-0.15, -0.1) is 0 Å². The molecule has 0 atom stereocenters. The molecule has 4 heteroatoms. The van der Waals surface area contributed by atoms with Crippen LogP contribution in [-0.4, -0.2) is 16.4 Å². The molecule has 0 fully saturated rings. The van der Waals surface area contributed by atoms with E-state index in [0.29, 0.717) is 5.02 Å². The predicted molar refractivity (Wildman–Crippen MR) is 121 cm³/mol. The SMILES string of the molecule is Clc1ccc2nc3c(c(-c4ccccc4Cl)c2c1)CN(Cc1ccccc1)CC3. The fourth-order valence-electron chi connectivity index (χ4n) is 4.22. The number of rotatable bonds is 3. The van der Waals surface area contributed by atoms with Crippen molar-refractivity contribution in [3.63, 3.8) is 0 Å². The van der Waals surface area contributed by atoms with Gasteiger partial charge in [0.2, 0.25) is 0 Å². The Kier molecular flexibility index (Phi) is 5.01. The molecule has 0 spiro atoms. The average molecular weight is 419 g/mol. The molecule has 0 aliphatic carbocycles. The van der Waals surface area contributed by atoms with Crippen molar-refractivity contribution in [2.75, 3.05) is 6.54 Å². The molecule has 4 aromatic rings. The van der Waals surface area contributed by atoms with Crippen molar-refractivity contribution in [2.24, 2.45) is 0 Å². The highest BCUT2D eigenvalue weighted by molar-refractivity contribution is 6.34. The average Bonchev–Trinajstić information content (AvgIpc) is 2.74. The van der Waals surface area contributed by atoms with Crippen LogP contribution in [0, 0.1) is 0 Å². The first kappa shape index (κ1) is 18.6. The van der Waals surface area contributed by atoms with Crippen LogP contribution in [0.4, 0.5) is 0 Å². The number of nitrogens with zero attached hydrogens (tertiary/aromatic N) is 2. The number of aromatic nitrogens is 1. The molecule has 5 rings (SSSR count). The predicted octanol–water partition coefficient (Wildman–Crippen LogP) is 6.77. The Labute approximate surface area is 180 Å². The Morgan fingerprint density at radius 1 is 0.897 bits per heavy atom. The highest BCUT2D eigenvalue weighted by Gasteiger charge is 2.24. The standard InChI is InChI=1S/C25H20Cl2N2/c26-18-10-11-23-20(14-18)25(19-8-4-5-9-22(19)27)21-16-29(13-12-24(21)28-23)15-17-6-2-1-3-7-17/h1-11,14H,12-13,15-16H2. The summed E-state index contributed by atoms with van der Waals surface area (Å²) < 4.78 is 0. The Balaban J connectivity index is 1.66. The van der Waals surface area contributed by atoms with Crippen molar-refractivity contribution < 1.29 is 0 Å². The van der Waals surface area contributed by atoms with Crippen molar-refractivity contribution in [3.8, 4) is 11.1 Å². The van der Waals surface area contributed by atoms with Crippen molar-refractivity contribution in [1.29, 1.82) is 0 Å². The van der Waals surface area contributed by atoms with Crippen LogP contribution in [0.1, 0.15) is 16.8 Å². The van der Waals surface area contributed by atoms with Gasteiger partial charge in [-0.2, -0.15) is 0 Å². The Morgan fingerprint density at radius 2 is 1.69 bits per heavy atom. The van der Waals surface area contributed by atoms with Gasteiger partial charge in [0.25, 0.3) is 0 Å². The van der Waals surface area contributed by atoms with Gasteiger partial charge < -0.3 is 0 Å². The lowest BCUT2D eigenvalue weighted by molar-refractivity contribution is 0.244. The highest BCUT2D eigenvalue weighted by atomic mass is 35.5. The lowest BCUT2D eigenvalue weighted by Gasteiger charge is -2.30. The first-order valence-corrected chi connectivity index (χ1v) is 10.6. The molecule has 0 amide bonds. The van der Waals surface area contributed by atoms with Gasteiger partial charge in [0, 0.05) is 52.7 Å². The second-order valence-electron chi connectivity index (χ2n) is 7.50. The second kappa shape index (κ2) is 7.79. The monoisotopic (exact) mass is 418 g/mol.